The first kappa shape index (κ1) is 14.4. The van der Waals surface area contributed by atoms with Gasteiger partial charge in [-0.25, -0.2) is 0 Å². The summed E-state index contributed by atoms with van der Waals surface area (Å²) in [6.45, 7) is 1.83. The van der Waals surface area contributed by atoms with E-state index in [0.29, 0.717) is 11.3 Å². The zero-order valence-corrected chi connectivity index (χ0v) is 11.6. The van der Waals surface area contributed by atoms with Crippen LogP contribution in [0.3, 0.4) is 0 Å². The smallest absolute Gasteiger partial charge is 0.416 e. The number of rotatable bonds is 1. The first-order valence-corrected chi connectivity index (χ1v) is 6.57. The molecule has 0 saturated carbocycles. The minimum Gasteiger partial charge on any atom is -0.452 e. The number of ether oxygens (including phenoxy) is 1. The van der Waals surface area contributed by atoms with E-state index in [1.54, 1.807) is 18.2 Å². The molecule has 0 saturated heterocycles. The Morgan fingerprint density at radius 3 is 2.55 bits per heavy atom. The Morgan fingerprint density at radius 1 is 1.09 bits per heavy atom. The van der Waals surface area contributed by atoms with E-state index in [2.05, 4.69) is 0 Å². The van der Waals surface area contributed by atoms with Crippen LogP contribution in [0.25, 0.3) is 6.08 Å². The van der Waals surface area contributed by atoms with Gasteiger partial charge >= 0.3 is 6.18 Å². The van der Waals surface area contributed by atoms with E-state index in [9.17, 15) is 18.0 Å². The number of hydrogen-bond acceptors (Lipinski definition) is 2. The lowest BCUT2D eigenvalue weighted by Gasteiger charge is -2.10. The topological polar surface area (TPSA) is 26.3 Å². The monoisotopic (exact) mass is 304 g/mol. The predicted octanol–water partition coefficient (Wildman–Crippen LogP) is 4.63. The van der Waals surface area contributed by atoms with Gasteiger partial charge in [-0.05, 0) is 36.8 Å². The lowest BCUT2D eigenvalue weighted by Crippen LogP contribution is -2.08. The lowest BCUT2D eigenvalue weighted by atomic mass is 10.0. The van der Waals surface area contributed by atoms with Crippen LogP contribution < -0.4 is 4.74 Å². The van der Waals surface area contributed by atoms with Crippen molar-refractivity contribution in [3.05, 3.63) is 70.5 Å². The number of carbonyl (C=O) groups excluding carboxylic acids is 1. The second-order valence-electron chi connectivity index (χ2n) is 5.02. The Labute approximate surface area is 124 Å². The third kappa shape index (κ3) is 2.50. The van der Waals surface area contributed by atoms with Crippen molar-refractivity contribution in [3.8, 4) is 5.75 Å². The molecule has 0 unspecified atom stereocenters. The van der Waals surface area contributed by atoms with Crippen molar-refractivity contribution in [2.75, 3.05) is 0 Å². The van der Waals surface area contributed by atoms with Crippen LogP contribution in [0.4, 0.5) is 13.2 Å². The SMILES string of the molecule is Cc1ccc2c(c1)C(=O)/C(=C/c1ccccc1C(F)(F)F)O2. The number of allylic oxidation sites excluding steroid dienone is 1. The highest BCUT2D eigenvalue weighted by Crippen LogP contribution is 2.36. The summed E-state index contributed by atoms with van der Waals surface area (Å²) in [5.41, 5.74) is 0.359. The molecule has 0 N–H and O–H groups in total. The molecule has 0 fully saturated rings. The molecule has 112 valence electrons. The van der Waals surface area contributed by atoms with Crippen molar-refractivity contribution < 1.29 is 22.7 Å². The van der Waals surface area contributed by atoms with Gasteiger partial charge in [-0.3, -0.25) is 4.79 Å². The van der Waals surface area contributed by atoms with E-state index in [-0.39, 0.29) is 11.3 Å². The molecule has 2 aromatic carbocycles. The first-order chi connectivity index (χ1) is 10.4. The fourth-order valence-electron chi connectivity index (χ4n) is 2.33. The molecule has 1 aliphatic heterocycles. The van der Waals surface area contributed by atoms with Gasteiger partial charge in [0.25, 0.3) is 0 Å². The van der Waals surface area contributed by atoms with Crippen LogP contribution in [0.2, 0.25) is 0 Å². The zero-order valence-electron chi connectivity index (χ0n) is 11.6. The average Bonchev–Trinajstić information content (AvgIpc) is 2.75. The Kier molecular flexibility index (Phi) is 3.28. The second kappa shape index (κ2) is 5.02. The molecular weight excluding hydrogens is 293 g/mol. The average molecular weight is 304 g/mol. The minimum absolute atomic E-state index is 0.0946. The van der Waals surface area contributed by atoms with E-state index < -0.39 is 17.5 Å². The van der Waals surface area contributed by atoms with Gasteiger partial charge in [0, 0.05) is 0 Å². The fraction of sp³-hybridized carbons (Fsp3) is 0.118. The number of benzene rings is 2. The molecule has 0 aliphatic carbocycles. The molecule has 3 rings (SSSR count). The highest BCUT2D eigenvalue weighted by atomic mass is 19.4. The molecule has 2 aromatic rings. The van der Waals surface area contributed by atoms with Crippen molar-refractivity contribution in [2.24, 2.45) is 0 Å². The molecule has 0 spiro atoms. The fourth-order valence-corrected chi connectivity index (χ4v) is 2.33. The summed E-state index contributed by atoms with van der Waals surface area (Å²) in [5, 5.41) is 0. The third-order valence-corrected chi connectivity index (χ3v) is 3.38. The largest absolute Gasteiger partial charge is 0.452 e. The summed E-state index contributed by atoms with van der Waals surface area (Å²) < 4.78 is 44.3. The van der Waals surface area contributed by atoms with E-state index in [1.807, 2.05) is 6.92 Å². The van der Waals surface area contributed by atoms with Gasteiger partial charge in [-0.1, -0.05) is 29.8 Å². The van der Waals surface area contributed by atoms with Gasteiger partial charge < -0.3 is 4.74 Å². The van der Waals surface area contributed by atoms with Crippen LogP contribution in [-0.2, 0) is 6.18 Å². The Morgan fingerprint density at radius 2 is 1.82 bits per heavy atom. The van der Waals surface area contributed by atoms with E-state index in [1.165, 1.54) is 18.2 Å². The number of alkyl halides is 3. The Bertz CT molecular complexity index is 789. The molecule has 0 bridgehead atoms. The maximum Gasteiger partial charge on any atom is 0.416 e. The molecule has 0 radical (unpaired) electrons. The quantitative estimate of drug-likeness (QED) is 0.718. The highest BCUT2D eigenvalue weighted by Gasteiger charge is 2.34. The van der Waals surface area contributed by atoms with Crippen molar-refractivity contribution in [3.63, 3.8) is 0 Å². The van der Waals surface area contributed by atoms with Crippen LogP contribution in [0, 0.1) is 6.92 Å². The molecule has 1 heterocycles. The van der Waals surface area contributed by atoms with Crippen molar-refractivity contribution in [1.82, 2.24) is 0 Å². The minimum atomic E-state index is -4.49. The maximum absolute atomic E-state index is 13.0. The second-order valence-corrected chi connectivity index (χ2v) is 5.02. The molecule has 1 aliphatic rings. The van der Waals surface area contributed by atoms with Gasteiger partial charge in [0.05, 0.1) is 11.1 Å². The molecule has 0 atom stereocenters. The van der Waals surface area contributed by atoms with Gasteiger partial charge in [-0.2, -0.15) is 13.2 Å². The van der Waals surface area contributed by atoms with Crippen LogP contribution in [0.5, 0.6) is 5.75 Å². The molecular formula is C17H11F3O2. The summed E-state index contributed by atoms with van der Waals surface area (Å²) in [6, 6.07) is 10.1. The maximum atomic E-state index is 13.0. The molecule has 5 heteroatoms. The van der Waals surface area contributed by atoms with Crippen molar-refractivity contribution >= 4 is 11.9 Å². The summed E-state index contributed by atoms with van der Waals surface area (Å²) in [5.74, 6) is -0.140. The third-order valence-electron chi connectivity index (χ3n) is 3.38. The number of carbonyl (C=O) groups is 1. The van der Waals surface area contributed by atoms with Crippen LogP contribution in [-0.4, -0.2) is 5.78 Å². The normalized spacial score (nSPS) is 15.8. The van der Waals surface area contributed by atoms with E-state index in [4.69, 9.17) is 4.74 Å². The molecule has 0 amide bonds. The van der Waals surface area contributed by atoms with Gasteiger partial charge in [-0.15, -0.1) is 0 Å². The van der Waals surface area contributed by atoms with Crippen molar-refractivity contribution in [2.45, 2.75) is 13.1 Å². The summed E-state index contributed by atoms with van der Waals surface area (Å²) >= 11 is 0. The Balaban J connectivity index is 2.04. The van der Waals surface area contributed by atoms with E-state index >= 15 is 0 Å². The number of halogens is 3. The standard InChI is InChI=1S/C17H11F3O2/c1-10-6-7-14-12(8-10)16(21)15(22-14)9-11-4-2-3-5-13(11)17(18,19)20/h2-9H,1H3/b15-9-. The van der Waals surface area contributed by atoms with Crippen LogP contribution in [0.15, 0.2) is 48.2 Å². The predicted molar refractivity (Wildman–Crippen MR) is 75.6 cm³/mol. The van der Waals surface area contributed by atoms with Crippen LogP contribution >= 0.6 is 0 Å². The summed E-state index contributed by atoms with van der Waals surface area (Å²) in [7, 11) is 0. The molecule has 0 aromatic heterocycles. The molecule has 22 heavy (non-hydrogen) atoms. The number of ketones is 1. The summed E-state index contributed by atoms with van der Waals surface area (Å²) in [6.07, 6.45) is -3.35. The van der Waals surface area contributed by atoms with E-state index in [0.717, 1.165) is 17.7 Å². The van der Waals surface area contributed by atoms with Gasteiger partial charge in [0.2, 0.25) is 5.78 Å². The number of Topliss-reactive ketones (excluding diaryl/α,β-unsaturated/α-hetero) is 1. The van der Waals surface area contributed by atoms with Gasteiger partial charge in [0.1, 0.15) is 5.75 Å². The highest BCUT2D eigenvalue weighted by molar-refractivity contribution is 6.14. The first-order valence-electron chi connectivity index (χ1n) is 6.57. The lowest BCUT2D eigenvalue weighted by molar-refractivity contribution is -0.137. The summed E-state index contributed by atoms with van der Waals surface area (Å²) in [4.78, 5) is 12.2. The Hall–Kier alpha value is -2.56. The van der Waals surface area contributed by atoms with Crippen molar-refractivity contribution in [1.29, 1.82) is 0 Å². The zero-order chi connectivity index (χ0) is 15.9. The van der Waals surface area contributed by atoms with Crippen LogP contribution in [0.1, 0.15) is 27.0 Å². The number of aryl methyl sites for hydroxylation is 1. The number of fused-ring (bicyclic) bond motifs is 1. The van der Waals surface area contributed by atoms with Gasteiger partial charge in [0.15, 0.2) is 5.76 Å². The number of hydrogen-bond donors (Lipinski definition) is 0. The molecule has 2 nitrogen and oxygen atoms in total.